The Morgan fingerprint density at radius 1 is 1.04 bits per heavy atom. The van der Waals surface area contributed by atoms with Crippen LogP contribution < -0.4 is 4.74 Å². The molecule has 0 aliphatic rings. The molecule has 0 saturated heterocycles. The summed E-state index contributed by atoms with van der Waals surface area (Å²) in [5.74, 6) is 0.426. The van der Waals surface area contributed by atoms with E-state index in [1.54, 1.807) is 6.07 Å². The van der Waals surface area contributed by atoms with Crippen molar-refractivity contribution in [2.24, 2.45) is 0 Å². The second-order valence-corrected chi connectivity index (χ2v) is 6.16. The van der Waals surface area contributed by atoms with Crippen LogP contribution in [0.3, 0.4) is 0 Å². The minimum atomic E-state index is -4.40. The summed E-state index contributed by atoms with van der Waals surface area (Å²) in [5, 5.41) is 5.21. The van der Waals surface area contributed by atoms with E-state index in [1.165, 1.54) is 10.7 Å². The maximum absolute atomic E-state index is 13.1. The molecular formula is C20H22F3N3O. The Morgan fingerprint density at radius 2 is 1.78 bits per heavy atom. The Bertz CT molecular complexity index is 901. The van der Waals surface area contributed by atoms with E-state index in [0.717, 1.165) is 37.2 Å². The summed E-state index contributed by atoms with van der Waals surface area (Å²) in [4.78, 5) is 2.23. The molecule has 27 heavy (non-hydrogen) atoms. The van der Waals surface area contributed by atoms with Gasteiger partial charge in [0.1, 0.15) is 6.61 Å². The third kappa shape index (κ3) is 4.24. The van der Waals surface area contributed by atoms with Crippen LogP contribution in [0.4, 0.5) is 13.2 Å². The summed E-state index contributed by atoms with van der Waals surface area (Å²) >= 11 is 0. The number of halogens is 3. The van der Waals surface area contributed by atoms with Gasteiger partial charge in [0, 0.05) is 6.54 Å². The number of benzene rings is 2. The molecule has 0 saturated carbocycles. The van der Waals surface area contributed by atoms with E-state index in [-0.39, 0.29) is 0 Å². The lowest BCUT2D eigenvalue weighted by Gasteiger charge is -2.17. The van der Waals surface area contributed by atoms with Gasteiger partial charge >= 0.3 is 6.18 Å². The van der Waals surface area contributed by atoms with Gasteiger partial charge in [0.05, 0.1) is 22.2 Å². The predicted molar refractivity (Wildman–Crippen MR) is 99.4 cm³/mol. The smallest absolute Gasteiger partial charge is 0.416 e. The Kier molecular flexibility index (Phi) is 5.70. The van der Waals surface area contributed by atoms with Gasteiger partial charge in [-0.05, 0) is 43.4 Å². The largest absolute Gasteiger partial charge is 0.475 e. The standard InChI is InChI=1S/C20H22F3N3O/c1-3-25(4-2)12-13-27-19-17-10-5-6-11-18(17)26(24-19)16-9-7-8-15(14-16)20(21,22)23/h5-11,14H,3-4,12-13H2,1-2H3. The quantitative estimate of drug-likeness (QED) is 0.594. The summed E-state index contributed by atoms with van der Waals surface area (Å²) in [6, 6.07) is 12.5. The number of fused-ring (bicyclic) bond motifs is 1. The lowest BCUT2D eigenvalue weighted by Crippen LogP contribution is -2.28. The Morgan fingerprint density at radius 3 is 2.48 bits per heavy atom. The topological polar surface area (TPSA) is 30.3 Å². The Labute approximate surface area is 156 Å². The van der Waals surface area contributed by atoms with Crippen molar-refractivity contribution in [2.45, 2.75) is 20.0 Å². The van der Waals surface area contributed by atoms with Crippen molar-refractivity contribution >= 4 is 10.9 Å². The highest BCUT2D eigenvalue weighted by Gasteiger charge is 2.30. The second kappa shape index (κ2) is 8.00. The number of aromatic nitrogens is 2. The zero-order chi connectivity index (χ0) is 19.4. The van der Waals surface area contributed by atoms with Crippen molar-refractivity contribution in [3.8, 4) is 11.6 Å². The van der Waals surface area contributed by atoms with Crippen molar-refractivity contribution in [3.05, 3.63) is 54.1 Å². The highest BCUT2D eigenvalue weighted by Crippen LogP contribution is 2.32. The van der Waals surface area contributed by atoms with Crippen LogP contribution in [0.5, 0.6) is 5.88 Å². The molecule has 0 amide bonds. The van der Waals surface area contributed by atoms with Gasteiger partial charge in [0.25, 0.3) is 0 Å². The number of para-hydroxylation sites is 1. The van der Waals surface area contributed by atoms with E-state index >= 15 is 0 Å². The summed E-state index contributed by atoms with van der Waals surface area (Å²) in [5.41, 5.74) is 0.345. The van der Waals surface area contributed by atoms with Crippen LogP contribution in [-0.4, -0.2) is 40.9 Å². The molecule has 0 bridgehead atoms. The molecule has 3 rings (SSSR count). The fourth-order valence-electron chi connectivity index (χ4n) is 2.97. The van der Waals surface area contributed by atoms with Crippen molar-refractivity contribution < 1.29 is 17.9 Å². The molecule has 0 aliphatic heterocycles. The lowest BCUT2D eigenvalue weighted by molar-refractivity contribution is -0.137. The predicted octanol–water partition coefficient (Wildman–Crippen LogP) is 4.76. The maximum Gasteiger partial charge on any atom is 0.416 e. The van der Waals surface area contributed by atoms with E-state index in [2.05, 4.69) is 23.8 Å². The average molecular weight is 377 g/mol. The molecule has 1 heterocycles. The molecule has 0 aliphatic carbocycles. The number of ether oxygens (including phenoxy) is 1. The molecular weight excluding hydrogens is 355 g/mol. The number of hydrogen-bond acceptors (Lipinski definition) is 3. The number of likely N-dealkylation sites (N-methyl/N-ethyl adjacent to an activating group) is 1. The summed E-state index contributed by atoms with van der Waals surface area (Å²) in [7, 11) is 0. The molecule has 0 fully saturated rings. The van der Waals surface area contributed by atoms with Crippen molar-refractivity contribution in [2.75, 3.05) is 26.2 Å². The minimum absolute atomic E-state index is 0.347. The minimum Gasteiger partial charge on any atom is -0.475 e. The van der Waals surface area contributed by atoms with Gasteiger partial charge in [-0.25, -0.2) is 4.68 Å². The van der Waals surface area contributed by atoms with Crippen LogP contribution in [0.2, 0.25) is 0 Å². The van der Waals surface area contributed by atoms with Gasteiger partial charge in [-0.1, -0.05) is 32.0 Å². The third-order valence-electron chi connectivity index (χ3n) is 4.51. The first kappa shape index (κ1) is 19.2. The highest BCUT2D eigenvalue weighted by molar-refractivity contribution is 5.86. The Balaban J connectivity index is 1.93. The molecule has 2 aromatic carbocycles. The van der Waals surface area contributed by atoms with Crippen LogP contribution in [-0.2, 0) is 6.18 Å². The van der Waals surface area contributed by atoms with Crippen LogP contribution in [0.1, 0.15) is 19.4 Å². The van der Waals surface area contributed by atoms with Gasteiger partial charge in [-0.15, -0.1) is 5.10 Å². The molecule has 0 N–H and O–H groups in total. The summed E-state index contributed by atoms with van der Waals surface area (Å²) in [6.07, 6.45) is -4.40. The van der Waals surface area contributed by atoms with Crippen molar-refractivity contribution in [3.63, 3.8) is 0 Å². The number of rotatable bonds is 7. The first-order valence-electron chi connectivity index (χ1n) is 8.94. The first-order chi connectivity index (χ1) is 12.9. The van der Waals surface area contributed by atoms with Gasteiger partial charge < -0.3 is 9.64 Å². The van der Waals surface area contributed by atoms with E-state index in [1.807, 2.05) is 24.3 Å². The average Bonchev–Trinajstić information content (AvgIpc) is 3.04. The SMILES string of the molecule is CCN(CC)CCOc1nn(-c2cccc(C(F)(F)F)c2)c2ccccc12. The van der Waals surface area contributed by atoms with Crippen LogP contribution >= 0.6 is 0 Å². The van der Waals surface area contributed by atoms with Crippen molar-refractivity contribution in [1.82, 2.24) is 14.7 Å². The van der Waals surface area contributed by atoms with Crippen molar-refractivity contribution in [1.29, 1.82) is 0 Å². The van der Waals surface area contributed by atoms with E-state index in [4.69, 9.17) is 4.74 Å². The van der Waals surface area contributed by atoms with Crippen LogP contribution in [0.25, 0.3) is 16.6 Å². The fourth-order valence-corrected chi connectivity index (χ4v) is 2.97. The molecule has 0 unspecified atom stereocenters. The first-order valence-corrected chi connectivity index (χ1v) is 8.94. The maximum atomic E-state index is 13.1. The van der Waals surface area contributed by atoms with E-state index in [9.17, 15) is 13.2 Å². The Hall–Kier alpha value is -2.54. The summed E-state index contributed by atoms with van der Waals surface area (Å²) < 4.78 is 46.5. The zero-order valence-electron chi connectivity index (χ0n) is 15.3. The van der Waals surface area contributed by atoms with E-state index < -0.39 is 11.7 Å². The second-order valence-electron chi connectivity index (χ2n) is 6.16. The molecule has 4 nitrogen and oxygen atoms in total. The van der Waals surface area contributed by atoms with Crippen LogP contribution in [0, 0.1) is 0 Å². The number of nitrogens with zero attached hydrogens (tertiary/aromatic N) is 3. The highest BCUT2D eigenvalue weighted by atomic mass is 19.4. The molecule has 1 aromatic heterocycles. The zero-order valence-corrected chi connectivity index (χ0v) is 15.3. The monoisotopic (exact) mass is 377 g/mol. The molecule has 7 heteroatoms. The normalized spacial score (nSPS) is 12.1. The van der Waals surface area contributed by atoms with Gasteiger partial charge in [-0.2, -0.15) is 13.2 Å². The lowest BCUT2D eigenvalue weighted by atomic mass is 10.2. The molecule has 144 valence electrons. The molecule has 0 atom stereocenters. The van der Waals surface area contributed by atoms with Gasteiger partial charge in [0.15, 0.2) is 0 Å². The molecule has 0 radical (unpaired) electrons. The third-order valence-corrected chi connectivity index (χ3v) is 4.51. The number of hydrogen-bond donors (Lipinski definition) is 0. The van der Waals surface area contributed by atoms with Crippen LogP contribution in [0.15, 0.2) is 48.5 Å². The van der Waals surface area contributed by atoms with E-state index in [0.29, 0.717) is 23.7 Å². The summed E-state index contributed by atoms with van der Waals surface area (Å²) in [6.45, 7) is 7.25. The molecule has 0 spiro atoms. The number of alkyl halides is 3. The van der Waals surface area contributed by atoms with Gasteiger partial charge in [0.2, 0.25) is 5.88 Å². The fraction of sp³-hybridized carbons (Fsp3) is 0.350. The van der Waals surface area contributed by atoms with Gasteiger partial charge in [-0.3, -0.25) is 0 Å². The molecule has 3 aromatic rings.